The van der Waals surface area contributed by atoms with Crippen molar-refractivity contribution < 1.29 is 14.0 Å². The van der Waals surface area contributed by atoms with Gasteiger partial charge in [-0.25, -0.2) is 9.97 Å². The van der Waals surface area contributed by atoms with Crippen LogP contribution >= 0.6 is 0 Å². The quantitative estimate of drug-likeness (QED) is 0.588. The van der Waals surface area contributed by atoms with E-state index in [-0.39, 0.29) is 22.9 Å². The number of carbonyl (C=O) groups excluding carboxylic acids is 2. The molecule has 0 radical (unpaired) electrons. The van der Waals surface area contributed by atoms with E-state index in [1.165, 1.54) is 25.4 Å². The summed E-state index contributed by atoms with van der Waals surface area (Å²) in [6, 6.07) is 5.12. The third-order valence-electron chi connectivity index (χ3n) is 4.98. The van der Waals surface area contributed by atoms with Crippen LogP contribution in [0.5, 0.6) is 0 Å². The molecule has 4 rings (SSSR count). The maximum Gasteiger partial charge on any atom is 0.271 e. The predicted molar refractivity (Wildman–Crippen MR) is 102 cm³/mol. The number of fused-ring (bicyclic) bond motifs is 1. The molecule has 0 bridgehead atoms. The second-order valence-corrected chi connectivity index (χ2v) is 6.91. The summed E-state index contributed by atoms with van der Waals surface area (Å²) in [5, 5.41) is 6.29. The van der Waals surface area contributed by atoms with Gasteiger partial charge in [-0.15, -0.1) is 0 Å². The maximum atomic E-state index is 12.7. The van der Waals surface area contributed by atoms with E-state index in [4.69, 9.17) is 10.2 Å². The number of imidazole rings is 1. The molecule has 1 unspecified atom stereocenters. The van der Waals surface area contributed by atoms with Crippen LogP contribution in [-0.4, -0.2) is 45.8 Å². The number of aromatic nitrogens is 3. The van der Waals surface area contributed by atoms with Crippen molar-refractivity contribution in [2.24, 2.45) is 11.7 Å². The highest BCUT2D eigenvalue weighted by atomic mass is 16.3. The van der Waals surface area contributed by atoms with Gasteiger partial charge in [-0.2, -0.15) is 0 Å². The molecule has 1 atom stereocenters. The van der Waals surface area contributed by atoms with Crippen molar-refractivity contribution in [3.8, 4) is 11.5 Å². The molecule has 9 heteroatoms. The third-order valence-corrected chi connectivity index (χ3v) is 4.98. The molecule has 4 heterocycles. The lowest BCUT2D eigenvalue weighted by atomic mass is 9.96. The lowest BCUT2D eigenvalue weighted by Gasteiger charge is -2.22. The number of primary amides is 1. The van der Waals surface area contributed by atoms with Gasteiger partial charge < -0.3 is 20.8 Å². The number of piperidine rings is 1. The molecule has 3 aromatic heterocycles. The number of furan rings is 1. The fraction of sp³-hybridized carbons (Fsp3) is 0.368. The molecule has 1 aliphatic heterocycles. The summed E-state index contributed by atoms with van der Waals surface area (Å²) in [6.45, 7) is 2.62. The lowest BCUT2D eigenvalue weighted by molar-refractivity contribution is 0.0943. The Labute approximate surface area is 161 Å². The van der Waals surface area contributed by atoms with Crippen molar-refractivity contribution in [2.45, 2.75) is 19.3 Å². The van der Waals surface area contributed by atoms with Crippen LogP contribution in [0.3, 0.4) is 0 Å². The van der Waals surface area contributed by atoms with E-state index >= 15 is 0 Å². The third kappa shape index (κ3) is 3.61. The van der Waals surface area contributed by atoms with E-state index in [0.29, 0.717) is 23.9 Å². The van der Waals surface area contributed by atoms with Gasteiger partial charge in [-0.05, 0) is 56.5 Å². The summed E-state index contributed by atoms with van der Waals surface area (Å²) < 4.78 is 7.05. The predicted octanol–water partition coefficient (Wildman–Crippen LogP) is 1.21. The zero-order valence-electron chi connectivity index (χ0n) is 15.4. The molecule has 4 N–H and O–H groups in total. The number of hydrogen-bond acceptors (Lipinski definition) is 6. The number of rotatable bonds is 6. The van der Waals surface area contributed by atoms with Gasteiger partial charge in [0.25, 0.3) is 11.8 Å². The monoisotopic (exact) mass is 382 g/mol. The Morgan fingerprint density at radius 3 is 3.04 bits per heavy atom. The van der Waals surface area contributed by atoms with Gasteiger partial charge in [0.2, 0.25) is 0 Å². The van der Waals surface area contributed by atoms with Crippen molar-refractivity contribution in [1.29, 1.82) is 0 Å². The second kappa shape index (κ2) is 7.81. The molecule has 28 heavy (non-hydrogen) atoms. The Kier molecular flexibility index (Phi) is 5.07. The topological polar surface area (TPSA) is 128 Å². The lowest BCUT2D eigenvalue weighted by Crippen LogP contribution is -2.33. The van der Waals surface area contributed by atoms with Crippen LogP contribution in [0, 0.1) is 5.92 Å². The molecular formula is C19H22N6O3. The first-order valence-electron chi connectivity index (χ1n) is 9.34. The highest BCUT2D eigenvalue weighted by Crippen LogP contribution is 2.23. The van der Waals surface area contributed by atoms with Crippen LogP contribution in [0.25, 0.3) is 17.1 Å². The summed E-state index contributed by atoms with van der Waals surface area (Å²) >= 11 is 0. The molecule has 0 spiro atoms. The number of carbonyl (C=O) groups is 2. The Balaban J connectivity index is 1.59. The minimum Gasteiger partial charge on any atom is -0.463 e. The van der Waals surface area contributed by atoms with E-state index < -0.39 is 5.91 Å². The van der Waals surface area contributed by atoms with Crippen LogP contribution in [-0.2, 0) is 0 Å². The van der Waals surface area contributed by atoms with Crippen molar-refractivity contribution in [2.75, 3.05) is 19.6 Å². The van der Waals surface area contributed by atoms with E-state index in [1.54, 1.807) is 22.6 Å². The summed E-state index contributed by atoms with van der Waals surface area (Å²) in [5.41, 5.74) is 6.38. The number of nitrogens with zero attached hydrogens (tertiary/aromatic N) is 3. The van der Waals surface area contributed by atoms with Crippen LogP contribution in [0.15, 0.2) is 35.2 Å². The molecule has 3 aromatic rings. The first-order chi connectivity index (χ1) is 13.6. The van der Waals surface area contributed by atoms with Crippen LogP contribution in [0.2, 0.25) is 0 Å². The Morgan fingerprint density at radius 2 is 2.32 bits per heavy atom. The standard InChI is InChI=1S/C19H22N6O3/c20-17(26)16-18-24-13(19(27)22-7-5-12-3-1-6-21-10-12)9-14(25(18)11-23-16)15-4-2-8-28-15/h2,4,8-9,11-12,21H,1,3,5-7,10H2,(H2,20,26)(H,22,27). The van der Waals surface area contributed by atoms with Gasteiger partial charge in [0.15, 0.2) is 17.1 Å². The van der Waals surface area contributed by atoms with Crippen molar-refractivity contribution in [3.63, 3.8) is 0 Å². The molecule has 1 aliphatic rings. The van der Waals surface area contributed by atoms with Gasteiger partial charge >= 0.3 is 0 Å². The molecule has 1 saturated heterocycles. The van der Waals surface area contributed by atoms with Gasteiger partial charge in [0, 0.05) is 6.54 Å². The fourth-order valence-electron chi connectivity index (χ4n) is 3.53. The summed E-state index contributed by atoms with van der Waals surface area (Å²) in [5.74, 6) is 0.0843. The summed E-state index contributed by atoms with van der Waals surface area (Å²) in [4.78, 5) is 32.7. The Bertz CT molecular complexity index is 989. The number of amides is 2. The average molecular weight is 382 g/mol. The van der Waals surface area contributed by atoms with Crippen LogP contribution < -0.4 is 16.4 Å². The fourth-order valence-corrected chi connectivity index (χ4v) is 3.53. The SMILES string of the molecule is NC(=O)c1ncn2c(-c3ccco3)cc(C(=O)NCCC3CCCNC3)nc12. The zero-order chi connectivity index (χ0) is 19.5. The molecule has 0 aromatic carbocycles. The first kappa shape index (κ1) is 18.2. The smallest absolute Gasteiger partial charge is 0.271 e. The summed E-state index contributed by atoms with van der Waals surface area (Å²) in [7, 11) is 0. The Morgan fingerprint density at radius 1 is 1.43 bits per heavy atom. The second-order valence-electron chi connectivity index (χ2n) is 6.91. The minimum absolute atomic E-state index is 0.00994. The van der Waals surface area contributed by atoms with Crippen molar-refractivity contribution >= 4 is 17.5 Å². The highest BCUT2D eigenvalue weighted by Gasteiger charge is 2.20. The van der Waals surface area contributed by atoms with Crippen LogP contribution in [0.4, 0.5) is 0 Å². The molecule has 2 amide bonds. The van der Waals surface area contributed by atoms with Gasteiger partial charge in [0.1, 0.15) is 12.0 Å². The molecule has 0 saturated carbocycles. The van der Waals surface area contributed by atoms with Gasteiger partial charge in [-0.1, -0.05) is 0 Å². The van der Waals surface area contributed by atoms with E-state index in [9.17, 15) is 9.59 Å². The maximum absolute atomic E-state index is 12.7. The largest absolute Gasteiger partial charge is 0.463 e. The van der Waals surface area contributed by atoms with Gasteiger partial charge in [0.05, 0.1) is 12.0 Å². The Hall–Kier alpha value is -3.20. The molecule has 146 valence electrons. The van der Waals surface area contributed by atoms with Gasteiger partial charge in [-0.3, -0.25) is 14.0 Å². The highest BCUT2D eigenvalue weighted by molar-refractivity contribution is 5.99. The molecule has 0 aliphatic carbocycles. The normalized spacial score (nSPS) is 16.9. The number of hydrogen-bond donors (Lipinski definition) is 3. The van der Waals surface area contributed by atoms with E-state index in [2.05, 4.69) is 20.6 Å². The molecule has 1 fully saturated rings. The van der Waals surface area contributed by atoms with Crippen molar-refractivity contribution in [3.05, 3.63) is 42.2 Å². The van der Waals surface area contributed by atoms with Crippen molar-refractivity contribution in [1.82, 2.24) is 25.0 Å². The number of nitrogens with two attached hydrogens (primary N) is 1. The average Bonchev–Trinajstić information content (AvgIpc) is 3.38. The first-order valence-corrected chi connectivity index (χ1v) is 9.34. The summed E-state index contributed by atoms with van der Waals surface area (Å²) in [6.07, 6.45) is 6.22. The minimum atomic E-state index is -0.706. The number of nitrogens with one attached hydrogen (secondary N) is 2. The molecule has 9 nitrogen and oxygen atoms in total. The van der Waals surface area contributed by atoms with Crippen LogP contribution in [0.1, 0.15) is 40.2 Å². The zero-order valence-corrected chi connectivity index (χ0v) is 15.4. The molecular weight excluding hydrogens is 360 g/mol. The van der Waals surface area contributed by atoms with E-state index in [0.717, 1.165) is 19.5 Å². The van der Waals surface area contributed by atoms with E-state index in [1.807, 2.05) is 0 Å².